The van der Waals surface area contributed by atoms with Crippen LogP contribution < -0.4 is 5.73 Å². The molecule has 4 heteroatoms. The summed E-state index contributed by atoms with van der Waals surface area (Å²) in [5.74, 6) is 5.57. The number of rotatable bonds is 3. The van der Waals surface area contributed by atoms with Crippen LogP contribution in [0.5, 0.6) is 0 Å². The maximum Gasteiger partial charge on any atom is 0.416 e. The summed E-state index contributed by atoms with van der Waals surface area (Å²) in [6.45, 7) is 1.72. The average Bonchev–Trinajstić information content (AvgIpc) is 2.28. The molecule has 17 heavy (non-hydrogen) atoms. The van der Waals surface area contributed by atoms with Crippen molar-refractivity contribution in [3.05, 3.63) is 35.4 Å². The van der Waals surface area contributed by atoms with Gasteiger partial charge >= 0.3 is 6.18 Å². The minimum atomic E-state index is -4.32. The van der Waals surface area contributed by atoms with Crippen molar-refractivity contribution < 1.29 is 13.2 Å². The topological polar surface area (TPSA) is 26.0 Å². The standard InChI is InChI=1S/C13H14F3N/c1-2-3-4-8-12(17)10-6-5-7-11(9-10)13(14,15)16/h5-7,9,12H,4,8,17H2,1H3. The lowest BCUT2D eigenvalue weighted by Crippen LogP contribution is -2.12. The highest BCUT2D eigenvalue weighted by Crippen LogP contribution is 2.30. The van der Waals surface area contributed by atoms with E-state index in [4.69, 9.17) is 5.73 Å². The van der Waals surface area contributed by atoms with Crippen molar-refractivity contribution in [1.82, 2.24) is 0 Å². The summed E-state index contributed by atoms with van der Waals surface area (Å²) < 4.78 is 37.4. The van der Waals surface area contributed by atoms with Gasteiger partial charge in [-0.05, 0) is 31.0 Å². The molecular weight excluding hydrogens is 227 g/mol. The molecule has 0 amide bonds. The van der Waals surface area contributed by atoms with Crippen LogP contribution in [0.2, 0.25) is 0 Å². The lowest BCUT2D eigenvalue weighted by Gasteiger charge is -2.13. The van der Waals surface area contributed by atoms with E-state index in [-0.39, 0.29) is 0 Å². The Morgan fingerprint density at radius 1 is 1.35 bits per heavy atom. The summed E-state index contributed by atoms with van der Waals surface area (Å²) in [4.78, 5) is 0. The monoisotopic (exact) mass is 241 g/mol. The van der Waals surface area contributed by atoms with E-state index >= 15 is 0 Å². The van der Waals surface area contributed by atoms with E-state index in [0.29, 0.717) is 18.4 Å². The zero-order chi connectivity index (χ0) is 12.9. The molecule has 0 heterocycles. The van der Waals surface area contributed by atoms with Gasteiger partial charge < -0.3 is 5.73 Å². The molecule has 0 aliphatic heterocycles. The molecule has 0 saturated heterocycles. The normalized spacial score (nSPS) is 12.8. The van der Waals surface area contributed by atoms with Crippen LogP contribution in [0.3, 0.4) is 0 Å². The van der Waals surface area contributed by atoms with E-state index in [2.05, 4.69) is 11.8 Å². The first kappa shape index (κ1) is 13.6. The summed E-state index contributed by atoms with van der Waals surface area (Å²) in [5.41, 5.74) is 5.65. The minimum Gasteiger partial charge on any atom is -0.324 e. The van der Waals surface area contributed by atoms with Crippen molar-refractivity contribution in [3.63, 3.8) is 0 Å². The molecule has 1 unspecified atom stereocenters. The highest BCUT2D eigenvalue weighted by atomic mass is 19.4. The van der Waals surface area contributed by atoms with Crippen molar-refractivity contribution in [2.75, 3.05) is 0 Å². The Morgan fingerprint density at radius 2 is 2.06 bits per heavy atom. The van der Waals surface area contributed by atoms with Crippen LogP contribution in [0.15, 0.2) is 24.3 Å². The number of hydrogen-bond donors (Lipinski definition) is 1. The minimum absolute atomic E-state index is 0.404. The summed E-state index contributed by atoms with van der Waals surface area (Å²) in [6.07, 6.45) is -3.17. The Bertz CT molecular complexity index is 426. The van der Waals surface area contributed by atoms with Crippen molar-refractivity contribution in [2.45, 2.75) is 32.0 Å². The second kappa shape index (κ2) is 5.74. The first-order chi connectivity index (χ1) is 7.95. The van der Waals surface area contributed by atoms with Crippen LogP contribution in [-0.2, 0) is 6.18 Å². The predicted octanol–water partition coefficient (Wildman–Crippen LogP) is 3.51. The number of nitrogens with two attached hydrogens (primary N) is 1. The Kier molecular flexibility index (Phi) is 4.59. The van der Waals surface area contributed by atoms with Crippen molar-refractivity contribution in [1.29, 1.82) is 0 Å². The summed E-state index contributed by atoms with van der Waals surface area (Å²) >= 11 is 0. The molecule has 1 rings (SSSR count). The largest absolute Gasteiger partial charge is 0.416 e. The van der Waals surface area contributed by atoms with Crippen LogP contribution >= 0.6 is 0 Å². The molecule has 0 radical (unpaired) electrons. The van der Waals surface area contributed by atoms with Crippen LogP contribution in [0.1, 0.15) is 36.9 Å². The smallest absolute Gasteiger partial charge is 0.324 e. The molecule has 0 aromatic heterocycles. The van der Waals surface area contributed by atoms with Gasteiger partial charge in [-0.3, -0.25) is 0 Å². The zero-order valence-corrected chi connectivity index (χ0v) is 9.51. The van der Waals surface area contributed by atoms with Gasteiger partial charge in [0.25, 0.3) is 0 Å². The molecule has 2 N–H and O–H groups in total. The third-order valence-corrected chi connectivity index (χ3v) is 2.40. The molecule has 0 aliphatic carbocycles. The third kappa shape index (κ3) is 4.12. The first-order valence-electron chi connectivity index (χ1n) is 5.27. The van der Waals surface area contributed by atoms with Crippen LogP contribution in [0, 0.1) is 11.8 Å². The van der Waals surface area contributed by atoms with Gasteiger partial charge in [0.05, 0.1) is 5.56 Å². The van der Waals surface area contributed by atoms with Gasteiger partial charge in [0.2, 0.25) is 0 Å². The molecule has 0 saturated carbocycles. The van der Waals surface area contributed by atoms with E-state index in [1.165, 1.54) is 6.07 Å². The maximum absolute atomic E-state index is 12.5. The zero-order valence-electron chi connectivity index (χ0n) is 9.51. The van der Waals surface area contributed by atoms with Gasteiger partial charge in [-0.15, -0.1) is 11.8 Å². The number of hydrogen-bond acceptors (Lipinski definition) is 1. The molecular formula is C13H14F3N. The van der Waals surface area contributed by atoms with Gasteiger partial charge in [-0.2, -0.15) is 13.2 Å². The third-order valence-electron chi connectivity index (χ3n) is 2.40. The lowest BCUT2D eigenvalue weighted by atomic mass is 10.0. The quantitative estimate of drug-likeness (QED) is 0.805. The Morgan fingerprint density at radius 3 is 2.65 bits per heavy atom. The van der Waals surface area contributed by atoms with Gasteiger partial charge in [-0.25, -0.2) is 0 Å². The second-order valence-electron chi connectivity index (χ2n) is 3.70. The van der Waals surface area contributed by atoms with Gasteiger partial charge in [0.1, 0.15) is 0 Å². The van der Waals surface area contributed by atoms with Gasteiger partial charge in [-0.1, -0.05) is 12.1 Å². The van der Waals surface area contributed by atoms with Crippen molar-refractivity contribution in [3.8, 4) is 11.8 Å². The number of halogens is 3. The molecule has 1 atom stereocenters. The fourth-order valence-electron chi connectivity index (χ4n) is 1.46. The van der Waals surface area contributed by atoms with E-state index in [0.717, 1.165) is 12.1 Å². The fraction of sp³-hybridized carbons (Fsp3) is 0.385. The summed E-state index contributed by atoms with van der Waals surface area (Å²) in [6, 6.07) is 4.73. The molecule has 0 spiro atoms. The van der Waals surface area contributed by atoms with Crippen molar-refractivity contribution in [2.24, 2.45) is 5.73 Å². The van der Waals surface area contributed by atoms with Crippen molar-refractivity contribution >= 4 is 0 Å². The Balaban J connectivity index is 2.79. The first-order valence-corrected chi connectivity index (χ1v) is 5.27. The lowest BCUT2D eigenvalue weighted by molar-refractivity contribution is -0.137. The van der Waals surface area contributed by atoms with E-state index in [1.54, 1.807) is 13.0 Å². The van der Waals surface area contributed by atoms with Crippen LogP contribution in [-0.4, -0.2) is 0 Å². The molecule has 92 valence electrons. The number of alkyl halides is 3. The summed E-state index contributed by atoms with van der Waals surface area (Å²) in [7, 11) is 0. The maximum atomic E-state index is 12.5. The molecule has 1 aromatic rings. The van der Waals surface area contributed by atoms with E-state index < -0.39 is 17.8 Å². The SMILES string of the molecule is CC#CCCC(N)c1cccc(C(F)(F)F)c1. The fourth-order valence-corrected chi connectivity index (χ4v) is 1.46. The summed E-state index contributed by atoms with van der Waals surface area (Å²) in [5, 5.41) is 0. The number of benzene rings is 1. The highest BCUT2D eigenvalue weighted by Gasteiger charge is 2.30. The van der Waals surface area contributed by atoms with E-state index in [1.807, 2.05) is 0 Å². The van der Waals surface area contributed by atoms with Gasteiger partial charge in [0, 0.05) is 12.5 Å². The second-order valence-corrected chi connectivity index (χ2v) is 3.70. The predicted molar refractivity (Wildman–Crippen MR) is 61.1 cm³/mol. The van der Waals surface area contributed by atoms with Gasteiger partial charge in [0.15, 0.2) is 0 Å². The highest BCUT2D eigenvalue weighted by molar-refractivity contribution is 5.27. The molecule has 0 aliphatic rings. The van der Waals surface area contributed by atoms with Crippen LogP contribution in [0.25, 0.3) is 0 Å². The van der Waals surface area contributed by atoms with E-state index in [9.17, 15) is 13.2 Å². The Hall–Kier alpha value is -1.47. The molecule has 0 fully saturated rings. The molecule has 0 bridgehead atoms. The average molecular weight is 241 g/mol. The van der Waals surface area contributed by atoms with Crippen LogP contribution in [0.4, 0.5) is 13.2 Å². The molecule has 1 nitrogen and oxygen atoms in total. The Labute approximate surface area is 98.8 Å². The molecule has 1 aromatic carbocycles.